The molecule has 4 amide bonds. The number of nitrogens with zero attached hydrogens (tertiary/aromatic N) is 12. The monoisotopic (exact) mass is 1770 g/mol. The number of aryl methyl sites for hydroxylation is 5. The van der Waals surface area contributed by atoms with E-state index >= 15 is 0 Å². The topological polar surface area (TPSA) is 634 Å². The van der Waals surface area contributed by atoms with Crippen LogP contribution in [0.3, 0.4) is 0 Å². The second-order valence-corrected chi connectivity index (χ2v) is 22.4. The van der Waals surface area contributed by atoms with Crippen LogP contribution in [-0.4, -0.2) is 150 Å². The van der Waals surface area contributed by atoms with E-state index in [4.69, 9.17) is 88.7 Å². The second-order valence-electron chi connectivity index (χ2n) is 21.9. The Morgan fingerprint density at radius 2 is 0.933 bits per heavy atom. The van der Waals surface area contributed by atoms with Crippen molar-refractivity contribution in [2.75, 3.05) is 67.0 Å². The normalized spacial score (nSPS) is 9.75. The summed E-state index contributed by atoms with van der Waals surface area (Å²) in [5, 5.41) is 58.2. The quantitative estimate of drug-likeness (QED) is 0.00663. The van der Waals surface area contributed by atoms with Gasteiger partial charge in [0.05, 0.1) is 65.7 Å². The molecule has 0 saturated carbocycles. The minimum atomic E-state index is -4.45. The largest absolute Gasteiger partial charge is 1.00 e. The molecule has 39 nitrogen and oxygen atoms in total. The molecule has 5 heterocycles. The average molecular weight is 1770 g/mol. The van der Waals surface area contributed by atoms with Crippen molar-refractivity contribution in [3.05, 3.63) is 180 Å². The van der Waals surface area contributed by atoms with Crippen LogP contribution in [0.15, 0.2) is 89.2 Å². The van der Waals surface area contributed by atoms with Crippen LogP contribution < -0.4 is 121 Å². The van der Waals surface area contributed by atoms with Gasteiger partial charge in [-0.2, -0.15) is 82.0 Å². The van der Waals surface area contributed by atoms with Crippen LogP contribution in [0.4, 0.5) is 74.0 Å². The molecule has 8 rings (SSSR count). The number of fused-ring (bicyclic) bond motifs is 1. The summed E-state index contributed by atoms with van der Waals surface area (Å²) in [4.78, 5) is 112. The molecule has 3 aromatic carbocycles. The molecule has 120 heavy (non-hydrogen) atoms. The van der Waals surface area contributed by atoms with Gasteiger partial charge in [0, 0.05) is 30.5 Å². The number of aromatic amines is 1. The van der Waals surface area contributed by atoms with Crippen molar-refractivity contribution >= 4 is 116 Å². The van der Waals surface area contributed by atoms with E-state index in [-0.39, 0.29) is 182 Å². The van der Waals surface area contributed by atoms with Crippen molar-refractivity contribution in [3.8, 4) is 6.07 Å². The van der Waals surface area contributed by atoms with Crippen molar-refractivity contribution in [1.82, 2.24) is 49.1 Å². The zero-order valence-electron chi connectivity index (χ0n) is 66.5. The van der Waals surface area contributed by atoms with Gasteiger partial charge in [0.1, 0.15) is 90.7 Å². The number of esters is 2. The Morgan fingerprint density at radius 3 is 1.26 bits per heavy atom. The molecular formula is C68H85Cl2F9N22Na2O17. The zero-order valence-corrected chi connectivity index (χ0v) is 72.1. The minimum Gasteiger partial charge on any atom is -0.870 e. The summed E-state index contributed by atoms with van der Waals surface area (Å²) >= 11 is 4.64. The van der Waals surface area contributed by atoms with E-state index in [1.165, 1.54) is 54.4 Å². The number of aliphatic carboxylic acids is 1. The number of benzene rings is 3. The Labute approximate surface area is 733 Å². The first-order valence-electron chi connectivity index (χ1n) is 32.4. The smallest absolute Gasteiger partial charge is 0.870 e. The fourth-order valence-electron chi connectivity index (χ4n) is 8.48. The van der Waals surface area contributed by atoms with Gasteiger partial charge in [-0.3, -0.25) is 53.7 Å². The Hall–Kier alpha value is -11.4. The summed E-state index contributed by atoms with van der Waals surface area (Å²) in [6.45, 7) is 29.9. The van der Waals surface area contributed by atoms with Crippen molar-refractivity contribution in [3.63, 3.8) is 0 Å². The summed E-state index contributed by atoms with van der Waals surface area (Å²) < 4.78 is 130. The molecule has 0 aliphatic heterocycles. The fraction of sp³-hybridized carbons (Fsp3) is 0.338. The minimum absolute atomic E-state index is 0. The number of nitrogens with two attached hydrogens (primary N) is 7. The van der Waals surface area contributed by atoms with Crippen molar-refractivity contribution in [1.29, 1.82) is 5.26 Å². The maximum Gasteiger partial charge on any atom is 1.00 e. The standard InChI is InChI=1S/C16H14F3N5O2.C14H14F3N5O2.C9H12N4O2.C7H6F3N.C7H10N4O3.C7H8N2O.C5H11NO2.C2H3ClO.CH3O.ClH.2Na.H2O2.H2O/c1-8-13-14(20-9(2)21-15(13)26)24(23-8)7-12(25)22-11-5-3-10(4-6-11)16(17,18)19;1-7-11(13(19)24)12(18)22(21-7)6-10(23)20-9-4-2-8(3-5-9)14(15,16)17;1-3-15-8(14)5-13-9(11)7(4-10)6(2)12-13;8-7(9,10)5-1-3-6(11)4-2-5;1-3-5(7(9)14)6(8)11(10-3)2-4(12)13;1-5-10-6(2)7(8-3)9-4;1-2-8-5(7)3-4-6;1-2(3)4;1-2;;;;1-2;/h3-6H,7H2,1-2H3,(H,22,25)(H,20,21,26);2-5H,6,18H2,1H3,(H2,19,24)(H,20,23);3,5,11H2,1-2H3;1-4H,11H2;2,8H2,1H3,(H2,9,14)(H,12,13);5H2,1-2H3;2-4,6H2,1H3;1H3;1H3;1H;;;1-2H;1H2/q;;;;;;;;-1;;2*+1;;/p-1. The number of aromatic nitrogens is 10. The Bertz CT molecular complexity index is 4800. The fourth-order valence-corrected chi connectivity index (χ4v) is 8.48. The van der Waals surface area contributed by atoms with E-state index in [1.807, 2.05) is 13.0 Å². The van der Waals surface area contributed by atoms with Crippen molar-refractivity contribution in [2.24, 2.45) is 17.2 Å². The van der Waals surface area contributed by atoms with Crippen LogP contribution >= 0.6 is 24.0 Å². The summed E-state index contributed by atoms with van der Waals surface area (Å²) in [6, 6.07) is 14.4. The number of carboxylic acid groups (broad SMARTS) is 1. The van der Waals surface area contributed by atoms with Crippen LogP contribution in [0.5, 0.6) is 0 Å². The number of hydrogen-bond donors (Lipinski definition) is 13. The predicted molar refractivity (Wildman–Crippen MR) is 409 cm³/mol. The number of H-pyrrole nitrogens is 1. The molecule has 0 bridgehead atoms. The third kappa shape index (κ3) is 42.8. The summed E-state index contributed by atoms with van der Waals surface area (Å²) in [7, 11) is 0.750. The van der Waals surface area contributed by atoms with Gasteiger partial charge in [-0.1, -0.05) is 0 Å². The number of rotatable bonds is 18. The Balaban J connectivity index is -0.000000320. The number of anilines is 6. The molecule has 648 valence electrons. The van der Waals surface area contributed by atoms with Gasteiger partial charge < -0.3 is 85.7 Å². The van der Waals surface area contributed by atoms with E-state index in [9.17, 15) is 82.7 Å². The van der Waals surface area contributed by atoms with E-state index < -0.39 is 70.8 Å². The molecule has 0 aliphatic carbocycles. The van der Waals surface area contributed by atoms with E-state index in [1.54, 1.807) is 41.5 Å². The molecule has 0 spiro atoms. The molecule has 52 heteroatoms. The summed E-state index contributed by atoms with van der Waals surface area (Å²) in [5.74, 6) is -3.34. The van der Waals surface area contributed by atoms with Crippen LogP contribution in [-0.2, 0) is 87.7 Å². The van der Waals surface area contributed by atoms with Crippen LogP contribution in [0.2, 0.25) is 0 Å². The second kappa shape index (κ2) is 59.3. The predicted octanol–water partition coefficient (Wildman–Crippen LogP) is 1.34. The molecule has 0 saturated heterocycles. The van der Waals surface area contributed by atoms with Crippen LogP contribution in [0.25, 0.3) is 20.7 Å². The first-order chi connectivity index (χ1) is 54.1. The molecule has 5 aromatic heterocycles. The number of nitriles is 1. The van der Waals surface area contributed by atoms with Crippen LogP contribution in [0, 0.1) is 59.1 Å². The number of allylic oxidation sites excluding steroid dienone is 1. The first kappa shape index (κ1) is 119. The summed E-state index contributed by atoms with van der Waals surface area (Å²) in [6.07, 6.45) is -12.8. The number of alkyl halides is 9. The molecule has 8 aromatic rings. The maximum absolute atomic E-state index is 12.6. The van der Waals surface area contributed by atoms with Gasteiger partial charge in [0.25, 0.3) is 17.4 Å². The summed E-state index contributed by atoms with van der Waals surface area (Å²) in [5.41, 5.74) is 37.6. The van der Waals surface area contributed by atoms with Crippen molar-refractivity contribution in [2.45, 2.75) is 120 Å². The number of nitrogen functional groups attached to an aromatic ring is 4. The molecule has 21 N–H and O–H groups in total. The van der Waals surface area contributed by atoms with E-state index in [0.29, 0.717) is 72.7 Å². The van der Waals surface area contributed by atoms with E-state index in [2.05, 4.69) is 67.0 Å². The molecular weight excluding hydrogens is 1680 g/mol. The number of halogens is 11. The van der Waals surface area contributed by atoms with Gasteiger partial charge in [-0.05, 0) is 147 Å². The van der Waals surface area contributed by atoms with Gasteiger partial charge in [0.15, 0.2) is 11.4 Å². The zero-order chi connectivity index (χ0) is 89.9. The molecule has 0 atom stereocenters. The number of amides is 4. The van der Waals surface area contributed by atoms with Gasteiger partial charge >= 0.3 is 101 Å². The third-order valence-electron chi connectivity index (χ3n) is 13.2. The first-order valence-corrected chi connectivity index (χ1v) is 32.8. The Morgan fingerprint density at radius 1 is 0.592 bits per heavy atom. The van der Waals surface area contributed by atoms with E-state index in [0.717, 1.165) is 65.0 Å². The molecule has 0 radical (unpaired) electrons. The number of primary amides is 2. The number of ether oxygens (including phenoxy) is 3. The van der Waals surface area contributed by atoms with Crippen LogP contribution in [0.1, 0.15) is 113 Å². The molecule has 0 aliphatic rings. The number of hydrogen-bond acceptors (Lipinski definition) is 27. The van der Waals surface area contributed by atoms with Gasteiger partial charge in [-0.25, -0.2) is 23.7 Å². The number of carbonyl (C=O) groups excluding carboxylic acids is 7. The SMILES string of the molecule is CC(=O)Cl.CCOC(=O)CCN.CCOC(=O)Cn1nc(C)c(C#N)c1N.C[O-].Cc1nc2c(c(C)nn2CC(=O)Nc2ccc(C(F)(F)F)cc2)c(=O)[nH]1.Cc1nn(CC(=O)Nc2ccc(C(F)(F)F)cc2)c(N)c1C(N)=O.Cc1nn(CC(=O)O)c(N)c1C(N)=O.Cl.Nc1ccc(C(F)(F)F)cc1.OO.[C-]#[N+]C([N+]#[C-])=C(C)OCC.[Na+].[Na+].[OH-]. The number of carboxylic acids is 1. The van der Waals surface area contributed by atoms with Gasteiger partial charge in [0.2, 0.25) is 17.1 Å². The average Bonchev–Trinajstić information content (AvgIpc) is 1.63. The Kier molecular flexibility index (Phi) is 59.0. The third-order valence-corrected chi connectivity index (χ3v) is 13.2. The molecule has 0 fully saturated rings. The number of nitrogens with one attached hydrogen (secondary N) is 3. The van der Waals surface area contributed by atoms with Gasteiger partial charge in [-0.15, -0.1) is 12.4 Å². The van der Waals surface area contributed by atoms with Crippen molar-refractivity contribution < 1.29 is 177 Å². The molecule has 0 unspecified atom stereocenters. The number of carbonyl (C=O) groups is 8. The maximum atomic E-state index is 12.6.